The van der Waals surface area contributed by atoms with Crippen LogP contribution in [0.2, 0.25) is 0 Å². The van der Waals surface area contributed by atoms with E-state index in [-0.39, 0.29) is 36.9 Å². The molecule has 0 aliphatic carbocycles. The SMILES string of the molecule is Cc1cccc(CN2C(=O)S/C(=C\c3cn(CC(=O)Nc4ccc5c(c4)OCO5)c4ccccc34)C2=O)c1. The molecule has 1 aromatic heterocycles. The summed E-state index contributed by atoms with van der Waals surface area (Å²) >= 11 is 0.931. The molecule has 9 heteroatoms. The molecular formula is C29H23N3O5S. The summed E-state index contributed by atoms with van der Waals surface area (Å²) in [4.78, 5) is 40.3. The number of carbonyl (C=O) groups excluding carboxylic acids is 3. The van der Waals surface area contributed by atoms with Gasteiger partial charge in [-0.1, -0.05) is 48.0 Å². The summed E-state index contributed by atoms with van der Waals surface area (Å²) in [5.74, 6) is 0.703. The molecule has 0 atom stereocenters. The van der Waals surface area contributed by atoms with Crippen LogP contribution in [0.1, 0.15) is 16.7 Å². The number of amides is 3. The van der Waals surface area contributed by atoms with Gasteiger partial charge in [0.1, 0.15) is 6.54 Å². The van der Waals surface area contributed by atoms with Gasteiger partial charge >= 0.3 is 0 Å². The van der Waals surface area contributed by atoms with Gasteiger partial charge in [-0.2, -0.15) is 0 Å². The Bertz CT molecular complexity index is 1640. The predicted octanol–water partition coefficient (Wildman–Crippen LogP) is 5.55. The lowest BCUT2D eigenvalue weighted by molar-refractivity contribution is -0.123. The first kappa shape index (κ1) is 23.9. The Hall–Kier alpha value is -4.50. The lowest BCUT2D eigenvalue weighted by atomic mass is 10.1. The third-order valence-electron chi connectivity index (χ3n) is 6.37. The first-order valence-electron chi connectivity index (χ1n) is 12.0. The van der Waals surface area contributed by atoms with E-state index in [1.165, 1.54) is 4.90 Å². The number of para-hydroxylation sites is 1. The molecule has 1 fully saturated rings. The van der Waals surface area contributed by atoms with Crippen LogP contribution in [0, 0.1) is 6.92 Å². The van der Waals surface area contributed by atoms with Crippen molar-refractivity contribution in [1.82, 2.24) is 9.47 Å². The van der Waals surface area contributed by atoms with E-state index in [9.17, 15) is 14.4 Å². The molecular weight excluding hydrogens is 502 g/mol. The highest BCUT2D eigenvalue weighted by Crippen LogP contribution is 2.36. The molecule has 8 nitrogen and oxygen atoms in total. The smallest absolute Gasteiger partial charge is 0.293 e. The molecule has 0 spiro atoms. The van der Waals surface area contributed by atoms with E-state index in [0.717, 1.165) is 39.4 Å². The zero-order chi connectivity index (χ0) is 26.2. The first-order chi connectivity index (χ1) is 18.4. The number of aryl methyl sites for hydroxylation is 1. The number of hydrogen-bond donors (Lipinski definition) is 1. The second-order valence-electron chi connectivity index (χ2n) is 9.10. The van der Waals surface area contributed by atoms with E-state index in [0.29, 0.717) is 22.1 Å². The van der Waals surface area contributed by atoms with Crippen molar-refractivity contribution < 1.29 is 23.9 Å². The number of anilines is 1. The summed E-state index contributed by atoms with van der Waals surface area (Å²) < 4.78 is 12.5. The van der Waals surface area contributed by atoms with Crippen molar-refractivity contribution in [3.63, 3.8) is 0 Å². The van der Waals surface area contributed by atoms with Crippen molar-refractivity contribution in [2.75, 3.05) is 12.1 Å². The van der Waals surface area contributed by atoms with Crippen molar-refractivity contribution >= 4 is 51.5 Å². The first-order valence-corrected chi connectivity index (χ1v) is 12.8. The maximum absolute atomic E-state index is 13.1. The minimum atomic E-state index is -0.320. The predicted molar refractivity (Wildman–Crippen MR) is 146 cm³/mol. The number of nitrogens with one attached hydrogen (secondary N) is 1. The molecule has 0 bridgehead atoms. The Labute approximate surface area is 222 Å². The number of imide groups is 1. The number of carbonyl (C=O) groups is 3. The van der Waals surface area contributed by atoms with Crippen LogP contribution in [0.15, 0.2) is 77.8 Å². The number of benzene rings is 3. The largest absolute Gasteiger partial charge is 0.454 e. The van der Waals surface area contributed by atoms with Crippen LogP contribution < -0.4 is 14.8 Å². The second kappa shape index (κ2) is 9.75. The lowest BCUT2D eigenvalue weighted by Crippen LogP contribution is -2.27. The summed E-state index contributed by atoms with van der Waals surface area (Å²) in [5.41, 5.74) is 4.19. The molecule has 2 aliphatic heterocycles. The fourth-order valence-corrected chi connectivity index (χ4v) is 5.45. The molecule has 4 aromatic rings. The van der Waals surface area contributed by atoms with Gasteiger partial charge in [0.25, 0.3) is 11.1 Å². The van der Waals surface area contributed by atoms with Gasteiger partial charge in [-0.05, 0) is 48.5 Å². The molecule has 0 radical (unpaired) electrons. The van der Waals surface area contributed by atoms with Crippen LogP contribution in [0.4, 0.5) is 10.5 Å². The Balaban J connectivity index is 1.23. The average Bonchev–Trinajstić information content (AvgIpc) is 3.57. The van der Waals surface area contributed by atoms with Crippen LogP contribution in [0.3, 0.4) is 0 Å². The van der Waals surface area contributed by atoms with Crippen LogP contribution in [-0.4, -0.2) is 33.3 Å². The van der Waals surface area contributed by atoms with Gasteiger partial charge in [-0.15, -0.1) is 0 Å². The molecule has 6 rings (SSSR count). The van der Waals surface area contributed by atoms with E-state index in [4.69, 9.17) is 9.47 Å². The maximum atomic E-state index is 13.1. The lowest BCUT2D eigenvalue weighted by Gasteiger charge is -2.12. The fourth-order valence-electron chi connectivity index (χ4n) is 4.62. The molecule has 3 heterocycles. The number of ether oxygens (including phenoxy) is 2. The van der Waals surface area contributed by atoms with Crippen LogP contribution in [0.25, 0.3) is 17.0 Å². The number of aromatic nitrogens is 1. The van der Waals surface area contributed by atoms with Crippen molar-refractivity contribution in [3.05, 3.63) is 94.5 Å². The maximum Gasteiger partial charge on any atom is 0.293 e. The van der Waals surface area contributed by atoms with E-state index in [1.54, 1.807) is 24.3 Å². The van der Waals surface area contributed by atoms with Gasteiger partial charge in [0.05, 0.1) is 11.4 Å². The summed E-state index contributed by atoms with van der Waals surface area (Å²) in [5, 5.41) is 3.48. The highest BCUT2D eigenvalue weighted by molar-refractivity contribution is 8.18. The summed E-state index contributed by atoms with van der Waals surface area (Å²) in [6, 6.07) is 20.7. The van der Waals surface area contributed by atoms with E-state index in [1.807, 2.05) is 66.2 Å². The summed E-state index contributed by atoms with van der Waals surface area (Å²) in [6.45, 7) is 2.43. The van der Waals surface area contributed by atoms with Crippen molar-refractivity contribution in [1.29, 1.82) is 0 Å². The van der Waals surface area contributed by atoms with E-state index in [2.05, 4.69) is 5.32 Å². The quantitative estimate of drug-likeness (QED) is 0.332. The topological polar surface area (TPSA) is 89.9 Å². The second-order valence-corrected chi connectivity index (χ2v) is 10.1. The normalized spacial score (nSPS) is 15.6. The average molecular weight is 526 g/mol. The third-order valence-corrected chi connectivity index (χ3v) is 7.28. The molecule has 190 valence electrons. The van der Waals surface area contributed by atoms with Gasteiger partial charge in [0.2, 0.25) is 12.7 Å². The van der Waals surface area contributed by atoms with Crippen LogP contribution >= 0.6 is 11.8 Å². The molecule has 3 aromatic carbocycles. The minimum absolute atomic E-state index is 0.0671. The number of hydrogen-bond acceptors (Lipinski definition) is 6. The van der Waals surface area contributed by atoms with E-state index < -0.39 is 0 Å². The standard InChI is InChI=1S/C29H23N3O5S/c1-18-5-4-6-19(11-18)14-32-28(34)26(38-29(32)35)12-20-15-31(23-8-3-2-7-22(20)23)16-27(33)30-21-9-10-24-25(13-21)37-17-36-24/h2-13,15H,14,16-17H2,1H3,(H,30,33)/b26-12-. The number of nitrogens with zero attached hydrogens (tertiary/aromatic N) is 2. The Morgan fingerprint density at radius 1 is 1.03 bits per heavy atom. The fraction of sp³-hybridized carbons (Fsp3) is 0.138. The summed E-state index contributed by atoms with van der Waals surface area (Å²) in [7, 11) is 0. The number of thioether (sulfide) groups is 1. The highest BCUT2D eigenvalue weighted by Gasteiger charge is 2.35. The zero-order valence-electron chi connectivity index (χ0n) is 20.5. The van der Waals surface area contributed by atoms with Gasteiger partial charge in [-0.25, -0.2) is 0 Å². The van der Waals surface area contributed by atoms with Crippen molar-refractivity contribution in [2.45, 2.75) is 20.0 Å². The summed E-state index contributed by atoms with van der Waals surface area (Å²) in [6.07, 6.45) is 3.56. The van der Waals surface area contributed by atoms with Crippen molar-refractivity contribution in [3.8, 4) is 11.5 Å². The highest BCUT2D eigenvalue weighted by atomic mass is 32.2. The minimum Gasteiger partial charge on any atom is -0.454 e. The third kappa shape index (κ3) is 4.64. The van der Waals surface area contributed by atoms with Crippen LogP contribution in [-0.2, 0) is 22.7 Å². The molecule has 0 saturated carbocycles. The van der Waals surface area contributed by atoms with Crippen LogP contribution in [0.5, 0.6) is 11.5 Å². The molecule has 0 unspecified atom stereocenters. The molecule has 1 saturated heterocycles. The molecule has 38 heavy (non-hydrogen) atoms. The van der Waals surface area contributed by atoms with Gasteiger partial charge in [0.15, 0.2) is 11.5 Å². The van der Waals surface area contributed by atoms with Gasteiger partial charge in [0, 0.05) is 34.4 Å². The number of rotatable bonds is 6. The Kier molecular flexibility index (Phi) is 6.13. The molecule has 1 N–H and O–H groups in total. The zero-order valence-corrected chi connectivity index (χ0v) is 21.3. The molecule has 3 amide bonds. The van der Waals surface area contributed by atoms with Gasteiger partial charge < -0.3 is 19.4 Å². The Morgan fingerprint density at radius 3 is 2.74 bits per heavy atom. The van der Waals surface area contributed by atoms with Gasteiger partial charge in [-0.3, -0.25) is 19.3 Å². The molecule has 2 aliphatic rings. The Morgan fingerprint density at radius 2 is 1.87 bits per heavy atom. The monoisotopic (exact) mass is 525 g/mol. The van der Waals surface area contributed by atoms with Crippen molar-refractivity contribution in [2.24, 2.45) is 0 Å². The number of fused-ring (bicyclic) bond motifs is 2. The van der Waals surface area contributed by atoms with E-state index >= 15 is 0 Å².